The van der Waals surface area contributed by atoms with Crippen LogP contribution >= 0.6 is 11.3 Å². The van der Waals surface area contributed by atoms with E-state index in [1.807, 2.05) is 10.6 Å². The monoisotopic (exact) mass is 369 g/mol. The smallest absolute Gasteiger partial charge is 0.262 e. The van der Waals surface area contributed by atoms with Gasteiger partial charge in [-0.2, -0.15) is 0 Å². The predicted octanol–water partition coefficient (Wildman–Crippen LogP) is 4.34. The van der Waals surface area contributed by atoms with Crippen molar-refractivity contribution < 1.29 is 0 Å². The Labute approximate surface area is 159 Å². The van der Waals surface area contributed by atoms with Crippen molar-refractivity contribution in [2.75, 3.05) is 19.6 Å². The van der Waals surface area contributed by atoms with Crippen molar-refractivity contribution >= 4 is 21.6 Å². The molecular formula is C21H27N3OS. The number of hydrogen-bond acceptors (Lipinski definition) is 4. The molecule has 0 saturated carbocycles. The summed E-state index contributed by atoms with van der Waals surface area (Å²) in [5.41, 5.74) is 2.28. The van der Waals surface area contributed by atoms with Crippen LogP contribution in [0.1, 0.15) is 31.2 Å². The second-order valence-electron chi connectivity index (χ2n) is 6.57. The topological polar surface area (TPSA) is 38.1 Å². The van der Waals surface area contributed by atoms with E-state index in [1.54, 1.807) is 11.3 Å². The molecule has 0 unspecified atom stereocenters. The number of fused-ring (bicyclic) bond motifs is 1. The Morgan fingerprint density at radius 2 is 1.81 bits per heavy atom. The van der Waals surface area contributed by atoms with Crippen molar-refractivity contribution in [1.82, 2.24) is 14.5 Å². The van der Waals surface area contributed by atoms with E-state index in [2.05, 4.69) is 56.9 Å². The Bertz CT molecular complexity index is 936. The molecule has 0 fully saturated rings. The van der Waals surface area contributed by atoms with Crippen LogP contribution in [-0.4, -0.2) is 34.1 Å². The summed E-state index contributed by atoms with van der Waals surface area (Å²) in [7, 11) is 0. The van der Waals surface area contributed by atoms with Crippen molar-refractivity contribution in [2.24, 2.45) is 0 Å². The van der Waals surface area contributed by atoms with Crippen molar-refractivity contribution in [1.29, 1.82) is 0 Å². The Balaban J connectivity index is 2.14. The average molecular weight is 370 g/mol. The minimum Gasteiger partial charge on any atom is -0.302 e. The van der Waals surface area contributed by atoms with Crippen molar-refractivity contribution in [2.45, 2.75) is 40.7 Å². The molecule has 0 bridgehead atoms. The van der Waals surface area contributed by atoms with Crippen molar-refractivity contribution in [3.05, 3.63) is 51.1 Å². The van der Waals surface area contributed by atoms with E-state index >= 15 is 0 Å². The third kappa shape index (κ3) is 3.74. The molecular weight excluding hydrogens is 342 g/mol. The number of aryl methyl sites for hydroxylation is 2. The highest BCUT2D eigenvalue weighted by molar-refractivity contribution is 7.18. The lowest BCUT2D eigenvalue weighted by atomic mass is 10.1. The van der Waals surface area contributed by atoms with E-state index < -0.39 is 0 Å². The fraction of sp³-hybridized carbons (Fsp3) is 0.429. The van der Waals surface area contributed by atoms with E-state index in [9.17, 15) is 4.79 Å². The van der Waals surface area contributed by atoms with E-state index in [0.717, 1.165) is 47.7 Å². The maximum Gasteiger partial charge on any atom is 0.262 e. The molecule has 3 aromatic rings. The van der Waals surface area contributed by atoms with Crippen LogP contribution in [0.15, 0.2) is 35.1 Å². The molecule has 0 aliphatic rings. The highest BCUT2D eigenvalue weighted by Crippen LogP contribution is 2.25. The van der Waals surface area contributed by atoms with E-state index in [0.29, 0.717) is 6.54 Å². The molecule has 138 valence electrons. The van der Waals surface area contributed by atoms with Gasteiger partial charge in [-0.3, -0.25) is 9.36 Å². The lowest BCUT2D eigenvalue weighted by Crippen LogP contribution is -2.32. The summed E-state index contributed by atoms with van der Waals surface area (Å²) >= 11 is 1.63. The van der Waals surface area contributed by atoms with Gasteiger partial charge in [0.15, 0.2) is 0 Å². The first-order valence-corrected chi connectivity index (χ1v) is 10.2. The third-order valence-electron chi connectivity index (χ3n) is 4.89. The van der Waals surface area contributed by atoms with Gasteiger partial charge in [0.05, 0.1) is 5.39 Å². The largest absolute Gasteiger partial charge is 0.302 e. The zero-order valence-electron chi connectivity index (χ0n) is 16.1. The zero-order valence-corrected chi connectivity index (χ0v) is 16.9. The predicted molar refractivity (Wildman–Crippen MR) is 111 cm³/mol. The SMILES string of the molecule is CCc1cc2c(=O)n(CCN(CC)CC)c(-c3ccc(C)cc3)nc2s1. The van der Waals surface area contributed by atoms with Crippen LogP contribution in [0, 0.1) is 6.92 Å². The summed E-state index contributed by atoms with van der Waals surface area (Å²) in [5, 5.41) is 0.752. The van der Waals surface area contributed by atoms with E-state index in [4.69, 9.17) is 4.98 Å². The number of thiophene rings is 1. The first kappa shape index (κ1) is 18.8. The highest BCUT2D eigenvalue weighted by Gasteiger charge is 2.15. The number of aromatic nitrogens is 2. The first-order valence-electron chi connectivity index (χ1n) is 9.40. The standard InChI is InChI=1S/C21H27N3OS/c1-5-17-14-18-20(26-17)22-19(16-10-8-15(4)9-11-16)24(21(18)25)13-12-23(6-2)7-3/h8-11,14H,5-7,12-13H2,1-4H3. The summed E-state index contributed by atoms with van der Waals surface area (Å²) in [6.07, 6.45) is 0.930. The molecule has 2 heterocycles. The second kappa shape index (κ2) is 8.14. The van der Waals surface area contributed by atoms with Crippen LogP contribution in [0.4, 0.5) is 0 Å². The van der Waals surface area contributed by atoms with Crippen LogP contribution in [0.3, 0.4) is 0 Å². The van der Waals surface area contributed by atoms with Gasteiger partial charge in [-0.1, -0.05) is 50.6 Å². The van der Waals surface area contributed by atoms with Crippen molar-refractivity contribution in [3.8, 4) is 11.4 Å². The lowest BCUT2D eigenvalue weighted by molar-refractivity contribution is 0.289. The number of nitrogens with zero attached hydrogens (tertiary/aromatic N) is 3. The molecule has 0 N–H and O–H groups in total. The molecule has 26 heavy (non-hydrogen) atoms. The molecule has 5 heteroatoms. The maximum absolute atomic E-state index is 13.2. The summed E-state index contributed by atoms with van der Waals surface area (Å²) in [4.78, 5) is 22.5. The van der Waals surface area contributed by atoms with Crippen LogP contribution < -0.4 is 5.56 Å². The van der Waals surface area contributed by atoms with Crippen LogP contribution in [0.5, 0.6) is 0 Å². The van der Waals surface area contributed by atoms with Gasteiger partial charge >= 0.3 is 0 Å². The summed E-state index contributed by atoms with van der Waals surface area (Å²) in [6.45, 7) is 12.0. The number of likely N-dealkylation sites (N-methyl/N-ethyl adjacent to an activating group) is 1. The minimum absolute atomic E-state index is 0.0775. The molecule has 0 saturated heterocycles. The average Bonchev–Trinajstić information content (AvgIpc) is 3.08. The molecule has 0 atom stereocenters. The number of benzene rings is 1. The van der Waals surface area contributed by atoms with Gasteiger partial charge in [-0.15, -0.1) is 11.3 Å². The second-order valence-corrected chi connectivity index (χ2v) is 7.69. The Morgan fingerprint density at radius 3 is 2.42 bits per heavy atom. The summed E-state index contributed by atoms with van der Waals surface area (Å²) < 4.78 is 1.86. The van der Waals surface area contributed by atoms with Crippen LogP contribution in [0.2, 0.25) is 0 Å². The van der Waals surface area contributed by atoms with Gasteiger partial charge in [0, 0.05) is 23.5 Å². The van der Waals surface area contributed by atoms with Gasteiger partial charge in [-0.25, -0.2) is 4.98 Å². The third-order valence-corrected chi connectivity index (χ3v) is 6.07. The van der Waals surface area contributed by atoms with Gasteiger partial charge < -0.3 is 4.90 Å². The quantitative estimate of drug-likeness (QED) is 0.622. The zero-order chi connectivity index (χ0) is 18.7. The van der Waals surface area contributed by atoms with Crippen LogP contribution in [-0.2, 0) is 13.0 Å². The highest BCUT2D eigenvalue weighted by atomic mass is 32.1. The van der Waals surface area contributed by atoms with Crippen LogP contribution in [0.25, 0.3) is 21.6 Å². The van der Waals surface area contributed by atoms with E-state index in [1.165, 1.54) is 10.4 Å². The van der Waals surface area contributed by atoms with E-state index in [-0.39, 0.29) is 5.56 Å². The Morgan fingerprint density at radius 1 is 1.12 bits per heavy atom. The molecule has 0 radical (unpaired) electrons. The summed E-state index contributed by atoms with van der Waals surface area (Å²) in [5.74, 6) is 0.777. The fourth-order valence-corrected chi connectivity index (χ4v) is 4.11. The van der Waals surface area contributed by atoms with Crippen molar-refractivity contribution in [3.63, 3.8) is 0 Å². The Kier molecular flexibility index (Phi) is 5.89. The molecule has 4 nitrogen and oxygen atoms in total. The first-order chi connectivity index (χ1) is 12.6. The van der Waals surface area contributed by atoms with Gasteiger partial charge in [0.25, 0.3) is 5.56 Å². The van der Waals surface area contributed by atoms with Gasteiger partial charge in [-0.05, 0) is 32.5 Å². The van der Waals surface area contributed by atoms with Gasteiger partial charge in [0.1, 0.15) is 10.7 Å². The molecule has 3 rings (SSSR count). The minimum atomic E-state index is 0.0775. The molecule has 0 amide bonds. The molecule has 0 spiro atoms. The molecule has 0 aliphatic carbocycles. The molecule has 1 aromatic carbocycles. The van der Waals surface area contributed by atoms with Gasteiger partial charge in [0.2, 0.25) is 0 Å². The maximum atomic E-state index is 13.2. The fourth-order valence-electron chi connectivity index (χ4n) is 3.15. The molecule has 2 aromatic heterocycles. The number of rotatable bonds is 7. The Hall–Kier alpha value is -1.98. The normalized spacial score (nSPS) is 11.6. The lowest BCUT2D eigenvalue weighted by Gasteiger charge is -2.20. The summed E-state index contributed by atoms with van der Waals surface area (Å²) in [6, 6.07) is 10.3. The number of hydrogen-bond donors (Lipinski definition) is 0. The molecule has 0 aliphatic heterocycles.